The molecule has 0 aliphatic rings. The fraction of sp³-hybridized carbons (Fsp3) is 0.267. The molecule has 0 saturated carbocycles. The Morgan fingerprint density at radius 1 is 1.26 bits per heavy atom. The van der Waals surface area contributed by atoms with E-state index in [9.17, 15) is 9.90 Å². The van der Waals surface area contributed by atoms with E-state index in [1.807, 2.05) is 20.8 Å². The number of aromatic hydroxyl groups is 1. The Labute approximate surface area is 131 Å². The maximum atomic E-state index is 12.7. The first-order chi connectivity index (χ1) is 10.9. The Bertz CT molecular complexity index is 948. The summed E-state index contributed by atoms with van der Waals surface area (Å²) in [6.45, 7) is 5.68. The lowest BCUT2D eigenvalue weighted by Crippen LogP contribution is -2.33. The van der Waals surface area contributed by atoms with Crippen LogP contribution in [0.5, 0.6) is 5.75 Å². The van der Waals surface area contributed by atoms with Crippen molar-refractivity contribution < 1.29 is 5.11 Å². The van der Waals surface area contributed by atoms with Crippen LogP contribution in [-0.4, -0.2) is 35.8 Å². The summed E-state index contributed by atoms with van der Waals surface area (Å²) in [7, 11) is 0. The summed E-state index contributed by atoms with van der Waals surface area (Å²) < 4.78 is 2.54. The molecule has 3 rings (SSSR count). The van der Waals surface area contributed by atoms with Gasteiger partial charge in [0.2, 0.25) is 0 Å². The quantitative estimate of drug-likeness (QED) is 0.716. The van der Waals surface area contributed by atoms with E-state index in [0.29, 0.717) is 11.3 Å². The first-order valence-corrected chi connectivity index (χ1v) is 7.04. The van der Waals surface area contributed by atoms with E-state index in [2.05, 4.69) is 20.4 Å². The van der Waals surface area contributed by atoms with Crippen molar-refractivity contribution in [2.24, 2.45) is 5.10 Å². The number of rotatable bonds is 2. The third-order valence-corrected chi connectivity index (χ3v) is 3.26. The van der Waals surface area contributed by atoms with Crippen LogP contribution in [0.25, 0.3) is 5.78 Å². The van der Waals surface area contributed by atoms with E-state index < -0.39 is 5.41 Å². The Morgan fingerprint density at radius 3 is 2.70 bits per heavy atom. The van der Waals surface area contributed by atoms with Crippen LogP contribution in [-0.2, 0) is 5.41 Å². The molecule has 3 aromatic rings. The standard InChI is InChI=1S/C15H16N6O2/c1-15(2,3)12-13(23)21(14-18-16-9-20(14)19-12)17-8-10-6-4-5-7-11(10)22/h4-9,22H,1-3H3. The topological polar surface area (TPSA) is 97.7 Å². The van der Waals surface area contributed by atoms with Gasteiger partial charge in [0.1, 0.15) is 17.8 Å². The van der Waals surface area contributed by atoms with E-state index in [1.165, 1.54) is 17.1 Å². The molecule has 0 amide bonds. The number of benzene rings is 1. The maximum Gasteiger partial charge on any atom is 0.298 e. The van der Waals surface area contributed by atoms with Crippen LogP contribution < -0.4 is 5.56 Å². The molecular weight excluding hydrogens is 296 g/mol. The number of aromatic nitrogens is 5. The van der Waals surface area contributed by atoms with Gasteiger partial charge < -0.3 is 5.11 Å². The van der Waals surface area contributed by atoms with Crippen molar-refractivity contribution in [1.82, 2.24) is 24.5 Å². The molecular formula is C15H16N6O2. The molecule has 23 heavy (non-hydrogen) atoms. The largest absolute Gasteiger partial charge is 0.507 e. The van der Waals surface area contributed by atoms with Crippen molar-refractivity contribution in [3.05, 3.63) is 52.2 Å². The van der Waals surface area contributed by atoms with E-state index in [4.69, 9.17) is 0 Å². The van der Waals surface area contributed by atoms with Crippen LogP contribution >= 0.6 is 0 Å². The van der Waals surface area contributed by atoms with Crippen LogP contribution in [0.3, 0.4) is 0 Å². The van der Waals surface area contributed by atoms with Gasteiger partial charge in [-0.05, 0) is 12.1 Å². The lowest BCUT2D eigenvalue weighted by atomic mass is 9.93. The minimum Gasteiger partial charge on any atom is -0.507 e. The Balaban J connectivity index is 2.21. The molecule has 0 spiro atoms. The average molecular weight is 312 g/mol. The zero-order chi connectivity index (χ0) is 16.6. The van der Waals surface area contributed by atoms with Crippen molar-refractivity contribution in [1.29, 1.82) is 0 Å². The lowest BCUT2D eigenvalue weighted by molar-refractivity contribution is 0.474. The summed E-state index contributed by atoms with van der Waals surface area (Å²) in [5, 5.41) is 25.9. The highest BCUT2D eigenvalue weighted by atomic mass is 16.3. The van der Waals surface area contributed by atoms with Gasteiger partial charge >= 0.3 is 0 Å². The van der Waals surface area contributed by atoms with Gasteiger partial charge in [-0.25, -0.2) is 0 Å². The Morgan fingerprint density at radius 2 is 2.00 bits per heavy atom. The SMILES string of the molecule is CC(C)(C)c1nn2cnnc2n(N=Cc2ccccc2O)c1=O. The average Bonchev–Trinajstić information content (AvgIpc) is 2.94. The van der Waals surface area contributed by atoms with Crippen LogP contribution in [0.4, 0.5) is 0 Å². The summed E-state index contributed by atoms with van der Waals surface area (Å²) in [5.74, 6) is 0.279. The monoisotopic (exact) mass is 312 g/mol. The molecule has 1 N–H and O–H groups in total. The molecule has 0 radical (unpaired) electrons. The van der Waals surface area contributed by atoms with E-state index >= 15 is 0 Å². The molecule has 118 valence electrons. The number of phenolic OH excluding ortho intramolecular Hbond substituents is 1. The minimum absolute atomic E-state index is 0.0758. The van der Waals surface area contributed by atoms with Gasteiger partial charge in [0.15, 0.2) is 0 Å². The van der Waals surface area contributed by atoms with Crippen molar-refractivity contribution >= 4 is 12.0 Å². The molecule has 0 aliphatic carbocycles. The highest BCUT2D eigenvalue weighted by Gasteiger charge is 2.23. The lowest BCUT2D eigenvalue weighted by Gasteiger charge is -2.16. The minimum atomic E-state index is -0.457. The zero-order valence-corrected chi connectivity index (χ0v) is 13.0. The highest BCUT2D eigenvalue weighted by molar-refractivity contribution is 5.83. The molecule has 2 aromatic heterocycles. The van der Waals surface area contributed by atoms with Gasteiger partial charge in [0.25, 0.3) is 11.3 Å². The van der Waals surface area contributed by atoms with E-state index in [-0.39, 0.29) is 17.1 Å². The summed E-state index contributed by atoms with van der Waals surface area (Å²) >= 11 is 0. The molecule has 0 unspecified atom stereocenters. The predicted octanol–water partition coefficient (Wildman–Crippen LogP) is 1.17. The number of fused-ring (bicyclic) bond motifs is 1. The normalized spacial score (nSPS) is 12.3. The van der Waals surface area contributed by atoms with Crippen molar-refractivity contribution in [3.8, 4) is 5.75 Å². The first-order valence-electron chi connectivity index (χ1n) is 7.04. The van der Waals surface area contributed by atoms with Crippen LogP contribution in [0.15, 0.2) is 40.5 Å². The van der Waals surface area contributed by atoms with Crippen LogP contribution in [0.2, 0.25) is 0 Å². The molecule has 0 bridgehead atoms. The van der Waals surface area contributed by atoms with Gasteiger partial charge in [0.05, 0.1) is 6.21 Å². The smallest absolute Gasteiger partial charge is 0.298 e. The maximum absolute atomic E-state index is 12.7. The second kappa shape index (κ2) is 5.31. The highest BCUT2D eigenvalue weighted by Crippen LogP contribution is 2.16. The Kier molecular flexibility index (Phi) is 3.44. The molecule has 8 heteroatoms. The summed E-state index contributed by atoms with van der Waals surface area (Å²) in [6, 6.07) is 6.71. The second-order valence-corrected chi connectivity index (χ2v) is 6.09. The fourth-order valence-corrected chi connectivity index (χ4v) is 2.07. The summed E-state index contributed by atoms with van der Waals surface area (Å²) in [4.78, 5) is 12.7. The number of hydrogen-bond donors (Lipinski definition) is 1. The van der Waals surface area contributed by atoms with Gasteiger partial charge in [-0.15, -0.1) is 10.2 Å². The number of nitrogens with zero attached hydrogens (tertiary/aromatic N) is 6. The van der Waals surface area contributed by atoms with Gasteiger partial charge in [-0.1, -0.05) is 32.9 Å². The third kappa shape index (κ3) is 2.70. The van der Waals surface area contributed by atoms with Crippen LogP contribution in [0, 0.1) is 0 Å². The summed E-state index contributed by atoms with van der Waals surface area (Å²) in [6.07, 6.45) is 2.81. The molecule has 0 saturated heterocycles. The molecule has 2 heterocycles. The molecule has 0 atom stereocenters. The Hall–Kier alpha value is -3.03. The molecule has 1 aromatic carbocycles. The summed E-state index contributed by atoms with van der Waals surface area (Å²) in [5.41, 5.74) is 0.0110. The third-order valence-electron chi connectivity index (χ3n) is 3.26. The van der Waals surface area contributed by atoms with Crippen molar-refractivity contribution in [2.75, 3.05) is 0 Å². The predicted molar refractivity (Wildman–Crippen MR) is 84.8 cm³/mol. The first kappa shape index (κ1) is 14.9. The number of para-hydroxylation sites is 1. The van der Waals surface area contributed by atoms with E-state index in [1.54, 1.807) is 24.3 Å². The van der Waals surface area contributed by atoms with Crippen LogP contribution in [0.1, 0.15) is 32.0 Å². The van der Waals surface area contributed by atoms with Crippen molar-refractivity contribution in [3.63, 3.8) is 0 Å². The number of hydrogen-bond acceptors (Lipinski definition) is 6. The molecule has 0 aliphatic heterocycles. The zero-order valence-electron chi connectivity index (χ0n) is 13.0. The fourth-order valence-electron chi connectivity index (χ4n) is 2.07. The van der Waals surface area contributed by atoms with E-state index in [0.717, 1.165) is 4.68 Å². The molecule has 8 nitrogen and oxygen atoms in total. The van der Waals surface area contributed by atoms with Crippen molar-refractivity contribution in [2.45, 2.75) is 26.2 Å². The van der Waals surface area contributed by atoms with Gasteiger partial charge in [-0.3, -0.25) is 4.79 Å². The second-order valence-electron chi connectivity index (χ2n) is 6.09. The van der Waals surface area contributed by atoms with Gasteiger partial charge in [-0.2, -0.15) is 19.4 Å². The van der Waals surface area contributed by atoms with Gasteiger partial charge in [0, 0.05) is 11.0 Å². The molecule has 0 fully saturated rings. The number of phenols is 1.